The number of nitrogens with one attached hydrogen (secondary N) is 1. The van der Waals surface area contributed by atoms with E-state index in [1.165, 1.54) is 19.2 Å². The summed E-state index contributed by atoms with van der Waals surface area (Å²) in [7, 11) is 1.41. The topological polar surface area (TPSA) is 61.9 Å². The number of hydrogen-bond donors (Lipinski definition) is 1. The molecular formula is C18H25ClFN3O3. The van der Waals surface area contributed by atoms with Crippen molar-refractivity contribution >= 4 is 24.2 Å². The molecule has 1 atom stereocenters. The first-order chi connectivity index (χ1) is 12.1. The van der Waals surface area contributed by atoms with E-state index in [0.29, 0.717) is 31.7 Å². The highest BCUT2D eigenvalue weighted by Crippen LogP contribution is 2.20. The number of carbonyl (C=O) groups excluding carboxylic acids is 2. The molecule has 3 rings (SSSR count). The maximum atomic E-state index is 13.8. The minimum atomic E-state index is -0.462. The van der Waals surface area contributed by atoms with Gasteiger partial charge in [0.25, 0.3) is 0 Å². The third kappa shape index (κ3) is 4.65. The van der Waals surface area contributed by atoms with E-state index in [4.69, 9.17) is 4.74 Å². The van der Waals surface area contributed by atoms with Gasteiger partial charge in [-0.25, -0.2) is 4.39 Å². The lowest BCUT2D eigenvalue weighted by Crippen LogP contribution is -2.57. The number of halogens is 2. The van der Waals surface area contributed by atoms with Crippen molar-refractivity contribution in [1.29, 1.82) is 0 Å². The molecule has 2 aliphatic rings. The monoisotopic (exact) mass is 385 g/mol. The van der Waals surface area contributed by atoms with E-state index in [1.807, 2.05) is 4.90 Å². The second kappa shape index (κ2) is 9.19. The van der Waals surface area contributed by atoms with Crippen LogP contribution in [0.5, 0.6) is 5.75 Å². The number of likely N-dealkylation sites (tertiary alicyclic amines) is 1. The van der Waals surface area contributed by atoms with Crippen LogP contribution in [-0.4, -0.2) is 67.5 Å². The van der Waals surface area contributed by atoms with Crippen LogP contribution in [0, 0.1) is 5.82 Å². The van der Waals surface area contributed by atoms with Crippen molar-refractivity contribution in [3.8, 4) is 5.75 Å². The quantitative estimate of drug-likeness (QED) is 0.846. The third-order valence-corrected chi connectivity index (χ3v) is 4.89. The molecule has 2 aliphatic heterocycles. The van der Waals surface area contributed by atoms with Crippen LogP contribution in [0.4, 0.5) is 4.39 Å². The summed E-state index contributed by atoms with van der Waals surface area (Å²) in [4.78, 5) is 28.4. The van der Waals surface area contributed by atoms with Gasteiger partial charge in [-0.15, -0.1) is 12.4 Å². The summed E-state index contributed by atoms with van der Waals surface area (Å²) in [6.07, 6.45) is 1.96. The average molecular weight is 386 g/mol. The van der Waals surface area contributed by atoms with E-state index >= 15 is 0 Å². The molecule has 0 aromatic heterocycles. The molecule has 0 spiro atoms. The fourth-order valence-electron chi connectivity index (χ4n) is 3.55. The molecule has 8 heteroatoms. The maximum Gasteiger partial charge on any atom is 0.236 e. The van der Waals surface area contributed by atoms with Crippen LogP contribution in [0.2, 0.25) is 0 Å². The summed E-state index contributed by atoms with van der Waals surface area (Å²) in [6.45, 7) is 3.10. The van der Waals surface area contributed by atoms with E-state index in [0.717, 1.165) is 19.4 Å². The van der Waals surface area contributed by atoms with Gasteiger partial charge in [0.2, 0.25) is 11.8 Å². The summed E-state index contributed by atoms with van der Waals surface area (Å²) < 4.78 is 18.7. The lowest BCUT2D eigenvalue weighted by molar-refractivity contribution is -0.140. The van der Waals surface area contributed by atoms with Crippen LogP contribution in [0.15, 0.2) is 18.2 Å². The highest BCUT2D eigenvalue weighted by atomic mass is 35.5. The predicted octanol–water partition coefficient (Wildman–Crippen LogP) is 1.22. The Kier molecular flexibility index (Phi) is 7.23. The molecule has 2 fully saturated rings. The van der Waals surface area contributed by atoms with E-state index in [2.05, 4.69) is 5.32 Å². The number of nitrogens with zero attached hydrogens (tertiary/aromatic N) is 2. The van der Waals surface area contributed by atoms with Crippen LogP contribution in [0.1, 0.15) is 18.4 Å². The SMILES string of the molecule is COc1ccc(CC(=O)N2CCCC(N3CCNCC3=O)C2)cc1F.Cl. The Morgan fingerprint density at radius 2 is 2.19 bits per heavy atom. The molecule has 6 nitrogen and oxygen atoms in total. The van der Waals surface area contributed by atoms with Crippen molar-refractivity contribution in [3.05, 3.63) is 29.6 Å². The van der Waals surface area contributed by atoms with Crippen molar-refractivity contribution in [2.45, 2.75) is 25.3 Å². The Labute approximate surface area is 159 Å². The first-order valence-corrected chi connectivity index (χ1v) is 8.69. The van der Waals surface area contributed by atoms with Crippen LogP contribution in [0.25, 0.3) is 0 Å². The minimum Gasteiger partial charge on any atom is -0.494 e. The Morgan fingerprint density at radius 1 is 1.38 bits per heavy atom. The number of methoxy groups -OCH3 is 1. The van der Waals surface area contributed by atoms with E-state index in [1.54, 1.807) is 11.0 Å². The lowest BCUT2D eigenvalue weighted by Gasteiger charge is -2.41. The maximum absolute atomic E-state index is 13.8. The summed E-state index contributed by atoms with van der Waals surface area (Å²) in [6, 6.07) is 4.68. The number of carbonyl (C=O) groups is 2. The highest BCUT2D eigenvalue weighted by molar-refractivity contribution is 5.85. The zero-order chi connectivity index (χ0) is 17.8. The van der Waals surface area contributed by atoms with Gasteiger partial charge in [-0.1, -0.05) is 6.07 Å². The normalized spacial score (nSPS) is 20.5. The number of rotatable bonds is 4. The highest BCUT2D eigenvalue weighted by Gasteiger charge is 2.31. The molecular weight excluding hydrogens is 361 g/mol. The molecule has 26 heavy (non-hydrogen) atoms. The Balaban J connectivity index is 0.00000243. The molecule has 2 amide bonds. The van der Waals surface area contributed by atoms with Crippen molar-refractivity contribution in [2.24, 2.45) is 0 Å². The molecule has 1 N–H and O–H groups in total. The molecule has 1 unspecified atom stereocenters. The smallest absolute Gasteiger partial charge is 0.236 e. The van der Waals surface area contributed by atoms with E-state index in [-0.39, 0.29) is 42.4 Å². The second-order valence-electron chi connectivity index (χ2n) is 6.55. The van der Waals surface area contributed by atoms with Crippen molar-refractivity contribution in [3.63, 3.8) is 0 Å². The van der Waals surface area contributed by atoms with Gasteiger partial charge in [-0.05, 0) is 30.5 Å². The summed E-state index contributed by atoms with van der Waals surface area (Å²) in [5, 5.41) is 3.07. The van der Waals surface area contributed by atoms with Crippen molar-refractivity contribution in [1.82, 2.24) is 15.1 Å². The van der Waals surface area contributed by atoms with Crippen LogP contribution in [-0.2, 0) is 16.0 Å². The number of hydrogen-bond acceptors (Lipinski definition) is 4. The van der Waals surface area contributed by atoms with Gasteiger partial charge < -0.3 is 19.9 Å². The van der Waals surface area contributed by atoms with Gasteiger partial charge in [0.15, 0.2) is 11.6 Å². The first-order valence-electron chi connectivity index (χ1n) is 8.69. The van der Waals surface area contributed by atoms with Crippen molar-refractivity contribution < 1.29 is 18.7 Å². The summed E-state index contributed by atoms with van der Waals surface area (Å²) in [5.41, 5.74) is 0.628. The van der Waals surface area contributed by atoms with E-state index < -0.39 is 5.82 Å². The van der Waals surface area contributed by atoms with Crippen molar-refractivity contribution in [2.75, 3.05) is 39.8 Å². The molecule has 144 valence electrons. The van der Waals surface area contributed by atoms with E-state index in [9.17, 15) is 14.0 Å². The molecule has 1 aromatic rings. The summed E-state index contributed by atoms with van der Waals surface area (Å²) in [5.74, 6) is -0.221. The molecule has 0 radical (unpaired) electrons. The number of amides is 2. The van der Waals surface area contributed by atoms with Gasteiger partial charge in [0.1, 0.15) is 0 Å². The number of piperidine rings is 1. The predicted molar refractivity (Wildman–Crippen MR) is 98.1 cm³/mol. The first kappa shape index (κ1) is 20.5. The number of piperazine rings is 1. The third-order valence-electron chi connectivity index (χ3n) is 4.89. The zero-order valence-corrected chi connectivity index (χ0v) is 15.7. The molecule has 0 aliphatic carbocycles. The standard InChI is InChI=1S/C18H24FN3O3.ClH/c1-25-16-5-4-13(9-15(16)19)10-17(23)21-7-2-3-14(12-21)22-8-6-20-11-18(22)24;/h4-5,9,14,20H,2-3,6-8,10-12H2,1H3;1H. The lowest BCUT2D eigenvalue weighted by atomic mass is 10.0. The molecule has 1 aromatic carbocycles. The second-order valence-corrected chi connectivity index (χ2v) is 6.55. The van der Waals surface area contributed by atoms with Gasteiger partial charge >= 0.3 is 0 Å². The number of benzene rings is 1. The Hall–Kier alpha value is -1.86. The summed E-state index contributed by atoms with van der Waals surface area (Å²) >= 11 is 0. The van der Waals surface area contributed by atoms with Gasteiger partial charge in [0.05, 0.1) is 20.1 Å². The van der Waals surface area contributed by atoms with Gasteiger partial charge in [-0.3, -0.25) is 9.59 Å². The van der Waals surface area contributed by atoms with Crippen LogP contribution in [0.3, 0.4) is 0 Å². The van der Waals surface area contributed by atoms with Crippen LogP contribution < -0.4 is 10.1 Å². The Bertz CT molecular complexity index is 659. The van der Waals surface area contributed by atoms with Gasteiger partial charge in [-0.2, -0.15) is 0 Å². The fraction of sp³-hybridized carbons (Fsp3) is 0.556. The molecule has 2 heterocycles. The zero-order valence-electron chi connectivity index (χ0n) is 14.9. The Morgan fingerprint density at radius 3 is 2.88 bits per heavy atom. The number of ether oxygens (including phenoxy) is 1. The largest absolute Gasteiger partial charge is 0.494 e. The average Bonchev–Trinajstić information content (AvgIpc) is 2.62. The molecule has 0 bridgehead atoms. The fourth-order valence-corrected chi connectivity index (χ4v) is 3.55. The van der Waals surface area contributed by atoms with Crippen LogP contribution >= 0.6 is 12.4 Å². The van der Waals surface area contributed by atoms with Gasteiger partial charge in [0, 0.05) is 32.2 Å². The molecule has 2 saturated heterocycles. The minimum absolute atomic E-state index is 0. The molecule has 0 saturated carbocycles.